The number of benzene rings is 3. The Morgan fingerprint density at radius 1 is 0.862 bits per heavy atom. The van der Waals surface area contributed by atoms with Crippen molar-refractivity contribution in [2.24, 2.45) is 0 Å². The molecular weight excluding hydrogens is 398 g/mol. The number of anilines is 2. The van der Waals surface area contributed by atoms with Crippen molar-refractivity contribution in [1.82, 2.24) is 4.98 Å². The van der Waals surface area contributed by atoms with Crippen LogP contribution in [0.25, 0.3) is 10.2 Å². The van der Waals surface area contributed by atoms with E-state index in [1.165, 1.54) is 0 Å². The van der Waals surface area contributed by atoms with Gasteiger partial charge in [-0.25, -0.2) is 4.98 Å². The molecule has 144 valence electrons. The summed E-state index contributed by atoms with van der Waals surface area (Å²) < 4.78 is 1.08. The molecule has 4 rings (SSSR count). The van der Waals surface area contributed by atoms with Gasteiger partial charge in [0.15, 0.2) is 0 Å². The maximum absolute atomic E-state index is 12.7. The van der Waals surface area contributed by atoms with Gasteiger partial charge in [-0.15, -0.1) is 11.3 Å². The van der Waals surface area contributed by atoms with Crippen LogP contribution in [0.4, 0.5) is 11.4 Å². The van der Waals surface area contributed by atoms with Crippen molar-refractivity contribution in [3.8, 4) is 0 Å². The largest absolute Gasteiger partial charge is 0.349 e. The van der Waals surface area contributed by atoms with E-state index in [9.17, 15) is 4.79 Å². The number of hydrogen-bond acceptors (Lipinski definition) is 4. The van der Waals surface area contributed by atoms with Gasteiger partial charge in [0.2, 0.25) is 5.91 Å². The SMILES string of the molecule is O=C(CC(C(=S)Nc1ccccc1)c1nc2ccccc2s1)Nc1ccccc1. The second-order valence-corrected chi connectivity index (χ2v) is 8.05. The molecule has 29 heavy (non-hydrogen) atoms. The van der Waals surface area contributed by atoms with E-state index in [2.05, 4.69) is 10.6 Å². The number of carbonyl (C=O) groups excluding carboxylic acids is 1. The molecular formula is C23H19N3OS2. The van der Waals surface area contributed by atoms with Crippen molar-refractivity contribution in [2.45, 2.75) is 12.3 Å². The summed E-state index contributed by atoms with van der Waals surface area (Å²) in [4.78, 5) is 18.1. The summed E-state index contributed by atoms with van der Waals surface area (Å²) in [6, 6.07) is 27.1. The highest BCUT2D eigenvalue weighted by Gasteiger charge is 2.24. The van der Waals surface area contributed by atoms with Gasteiger partial charge in [-0.2, -0.15) is 0 Å². The number of nitrogens with zero attached hydrogens (tertiary/aromatic N) is 1. The number of para-hydroxylation sites is 3. The first-order valence-electron chi connectivity index (χ1n) is 9.25. The van der Waals surface area contributed by atoms with Crippen LogP contribution in [-0.2, 0) is 4.79 Å². The Labute approximate surface area is 178 Å². The zero-order chi connectivity index (χ0) is 20.1. The molecule has 0 spiro atoms. The first-order chi connectivity index (χ1) is 14.2. The number of hydrogen-bond donors (Lipinski definition) is 2. The normalized spacial score (nSPS) is 11.7. The van der Waals surface area contributed by atoms with Crippen LogP contribution >= 0.6 is 23.6 Å². The molecule has 0 radical (unpaired) electrons. The van der Waals surface area contributed by atoms with Gasteiger partial charge in [0.05, 0.1) is 21.1 Å². The van der Waals surface area contributed by atoms with E-state index in [1.807, 2.05) is 84.9 Å². The monoisotopic (exact) mass is 417 g/mol. The lowest BCUT2D eigenvalue weighted by Gasteiger charge is -2.17. The fourth-order valence-electron chi connectivity index (χ4n) is 3.00. The van der Waals surface area contributed by atoms with Crippen LogP contribution in [0.1, 0.15) is 17.3 Å². The zero-order valence-electron chi connectivity index (χ0n) is 15.5. The molecule has 0 fully saturated rings. The van der Waals surface area contributed by atoms with Crippen molar-refractivity contribution >= 4 is 56.0 Å². The topological polar surface area (TPSA) is 54.0 Å². The van der Waals surface area contributed by atoms with Crippen LogP contribution in [0.5, 0.6) is 0 Å². The van der Waals surface area contributed by atoms with Crippen molar-refractivity contribution in [2.75, 3.05) is 10.6 Å². The second-order valence-electron chi connectivity index (χ2n) is 6.55. The zero-order valence-corrected chi connectivity index (χ0v) is 17.2. The molecule has 4 aromatic rings. The molecule has 2 N–H and O–H groups in total. The molecule has 0 bridgehead atoms. The quantitative estimate of drug-likeness (QED) is 0.387. The van der Waals surface area contributed by atoms with E-state index >= 15 is 0 Å². The molecule has 1 heterocycles. The average molecular weight is 418 g/mol. The van der Waals surface area contributed by atoms with Gasteiger partial charge in [0.1, 0.15) is 5.01 Å². The molecule has 0 aliphatic carbocycles. The fraction of sp³-hybridized carbons (Fsp3) is 0.0870. The Morgan fingerprint density at radius 3 is 2.10 bits per heavy atom. The Balaban J connectivity index is 1.59. The number of rotatable bonds is 6. The van der Waals surface area contributed by atoms with E-state index in [0.717, 1.165) is 26.6 Å². The number of nitrogens with one attached hydrogen (secondary N) is 2. The third-order valence-electron chi connectivity index (χ3n) is 4.41. The molecule has 1 aromatic heterocycles. The predicted octanol–water partition coefficient (Wildman–Crippen LogP) is 5.85. The third-order valence-corrected chi connectivity index (χ3v) is 5.95. The van der Waals surface area contributed by atoms with E-state index in [4.69, 9.17) is 17.2 Å². The van der Waals surface area contributed by atoms with Gasteiger partial charge in [-0.3, -0.25) is 4.79 Å². The summed E-state index contributed by atoms with van der Waals surface area (Å²) in [5.74, 6) is -0.413. The molecule has 6 heteroatoms. The summed E-state index contributed by atoms with van der Waals surface area (Å²) in [6.07, 6.45) is 0.216. The Hall–Kier alpha value is -3.09. The minimum absolute atomic E-state index is 0.0994. The summed E-state index contributed by atoms with van der Waals surface area (Å²) in [6.45, 7) is 0. The van der Waals surface area contributed by atoms with E-state index < -0.39 is 0 Å². The van der Waals surface area contributed by atoms with Crippen molar-refractivity contribution < 1.29 is 4.79 Å². The number of aromatic nitrogens is 1. The molecule has 0 aliphatic rings. The molecule has 0 saturated carbocycles. The molecule has 3 aromatic carbocycles. The second kappa shape index (κ2) is 8.94. The number of thiocarbonyl (C=S) groups is 1. The summed E-state index contributed by atoms with van der Waals surface area (Å²) in [7, 11) is 0. The molecule has 0 saturated heterocycles. The van der Waals surface area contributed by atoms with E-state index in [0.29, 0.717) is 4.99 Å². The summed E-state index contributed by atoms with van der Waals surface area (Å²) >= 11 is 7.28. The number of amides is 1. The van der Waals surface area contributed by atoms with Crippen molar-refractivity contribution in [3.63, 3.8) is 0 Å². The fourth-order valence-corrected chi connectivity index (χ4v) is 4.47. The highest BCUT2D eigenvalue weighted by atomic mass is 32.1. The highest BCUT2D eigenvalue weighted by molar-refractivity contribution is 7.80. The number of carbonyl (C=O) groups is 1. The molecule has 1 atom stereocenters. The highest BCUT2D eigenvalue weighted by Crippen LogP contribution is 2.31. The van der Waals surface area contributed by atoms with Gasteiger partial charge in [-0.05, 0) is 36.4 Å². The first-order valence-corrected chi connectivity index (χ1v) is 10.5. The van der Waals surface area contributed by atoms with Gasteiger partial charge in [-0.1, -0.05) is 60.7 Å². The number of thiazole rings is 1. The maximum atomic E-state index is 12.7. The van der Waals surface area contributed by atoms with Gasteiger partial charge in [0.25, 0.3) is 0 Å². The van der Waals surface area contributed by atoms with Crippen LogP contribution in [-0.4, -0.2) is 15.9 Å². The van der Waals surface area contributed by atoms with Crippen LogP contribution in [0.2, 0.25) is 0 Å². The van der Waals surface area contributed by atoms with Crippen molar-refractivity contribution in [1.29, 1.82) is 0 Å². The molecule has 1 unspecified atom stereocenters. The Bertz CT molecular complexity index is 1090. The van der Waals surface area contributed by atoms with Gasteiger partial charge < -0.3 is 10.6 Å². The minimum atomic E-state index is -0.314. The van der Waals surface area contributed by atoms with Crippen molar-refractivity contribution in [3.05, 3.63) is 89.9 Å². The third kappa shape index (κ3) is 4.85. The maximum Gasteiger partial charge on any atom is 0.225 e. The van der Waals surface area contributed by atoms with E-state index in [-0.39, 0.29) is 18.2 Å². The molecule has 4 nitrogen and oxygen atoms in total. The molecule has 1 amide bonds. The van der Waals surface area contributed by atoms with Crippen LogP contribution in [0.3, 0.4) is 0 Å². The smallest absolute Gasteiger partial charge is 0.225 e. The van der Waals surface area contributed by atoms with Gasteiger partial charge in [0, 0.05) is 17.8 Å². The summed E-state index contributed by atoms with van der Waals surface area (Å²) in [5, 5.41) is 7.05. The standard InChI is InChI=1S/C23H19N3OS2/c27-21(24-16-9-3-1-4-10-16)15-18(22(28)25-17-11-5-2-6-12-17)23-26-19-13-7-8-14-20(19)29-23/h1-14,18H,15H2,(H,24,27)(H,25,28). The number of fused-ring (bicyclic) bond motifs is 1. The Kier molecular flexibility index (Phi) is 5.93. The minimum Gasteiger partial charge on any atom is -0.349 e. The Morgan fingerprint density at radius 2 is 1.45 bits per heavy atom. The van der Waals surface area contributed by atoms with Crippen LogP contribution in [0.15, 0.2) is 84.9 Å². The van der Waals surface area contributed by atoms with E-state index in [1.54, 1.807) is 11.3 Å². The lowest BCUT2D eigenvalue weighted by molar-refractivity contribution is -0.116. The average Bonchev–Trinajstić information content (AvgIpc) is 3.17. The van der Waals surface area contributed by atoms with Crippen LogP contribution in [0, 0.1) is 0 Å². The van der Waals surface area contributed by atoms with Crippen LogP contribution < -0.4 is 10.6 Å². The molecule has 0 aliphatic heterocycles. The summed E-state index contributed by atoms with van der Waals surface area (Å²) in [5.41, 5.74) is 2.58. The van der Waals surface area contributed by atoms with Gasteiger partial charge >= 0.3 is 0 Å². The first kappa shape index (κ1) is 19.2. The lowest BCUT2D eigenvalue weighted by atomic mass is 10.1. The predicted molar refractivity (Wildman–Crippen MR) is 125 cm³/mol. The lowest BCUT2D eigenvalue weighted by Crippen LogP contribution is -2.24.